The largest absolute Gasteiger partial charge is 0.330 e. The van der Waals surface area contributed by atoms with Gasteiger partial charge in [-0.05, 0) is 5.92 Å². The number of carbonyl (C=O) groups excluding carboxylic acids is 1. The highest BCUT2D eigenvalue weighted by Gasteiger charge is 2.19. The first kappa shape index (κ1) is 13.0. The highest BCUT2D eigenvalue weighted by atomic mass is 35.5. The molecule has 96 valence electrons. The van der Waals surface area contributed by atoms with Crippen molar-refractivity contribution in [3.63, 3.8) is 0 Å². The zero-order chi connectivity index (χ0) is 13.4. The van der Waals surface area contributed by atoms with Crippen molar-refractivity contribution >= 4 is 28.9 Å². The van der Waals surface area contributed by atoms with Crippen molar-refractivity contribution in [2.24, 2.45) is 0 Å². The molecular weight excluding hydrogens is 250 g/mol. The van der Waals surface area contributed by atoms with Gasteiger partial charge in [-0.3, -0.25) is 4.79 Å². The van der Waals surface area contributed by atoms with Crippen LogP contribution < -0.4 is 0 Å². The number of fused-ring (bicyclic) bond motifs is 1. The first-order valence-electron chi connectivity index (χ1n) is 5.99. The summed E-state index contributed by atoms with van der Waals surface area (Å²) in [5.74, 6) is 1.20. The lowest BCUT2D eigenvalue weighted by Crippen LogP contribution is -2.04. The molecule has 18 heavy (non-hydrogen) atoms. The van der Waals surface area contributed by atoms with E-state index in [2.05, 4.69) is 15.0 Å². The molecule has 0 aliphatic heterocycles. The molecule has 0 aromatic carbocycles. The first-order chi connectivity index (χ1) is 8.45. The summed E-state index contributed by atoms with van der Waals surface area (Å²) < 4.78 is 0. The van der Waals surface area contributed by atoms with E-state index in [-0.39, 0.29) is 11.8 Å². The van der Waals surface area contributed by atoms with Crippen molar-refractivity contribution < 1.29 is 4.79 Å². The lowest BCUT2D eigenvalue weighted by Gasteiger charge is -2.11. The Balaban J connectivity index is 2.85. The number of hydrogen-bond donors (Lipinski definition) is 1. The van der Waals surface area contributed by atoms with Crippen LogP contribution in [0.4, 0.5) is 0 Å². The van der Waals surface area contributed by atoms with Gasteiger partial charge in [-0.1, -0.05) is 39.3 Å². The minimum absolute atomic E-state index is 0.207. The van der Waals surface area contributed by atoms with E-state index in [1.54, 1.807) is 0 Å². The maximum absolute atomic E-state index is 11.1. The number of aromatic amines is 1. The predicted octanol–water partition coefficient (Wildman–Crippen LogP) is 3.67. The third-order valence-corrected chi connectivity index (χ3v) is 3.17. The van der Waals surface area contributed by atoms with Crippen LogP contribution in [0.2, 0.25) is 5.15 Å². The molecule has 2 aromatic heterocycles. The third kappa shape index (κ3) is 2.01. The normalized spacial score (nSPS) is 11.7. The standard InChI is InChI=1S/C13H16ClN3O/c1-6(2)10-9-8(5-18)11(14)16-13(9)17-12(15-10)7(3)4/h5-7H,1-4H3,(H,15,16,17). The molecule has 2 aromatic rings. The lowest BCUT2D eigenvalue weighted by molar-refractivity contribution is 0.112. The first-order valence-corrected chi connectivity index (χ1v) is 6.37. The average Bonchev–Trinajstić information content (AvgIpc) is 2.62. The van der Waals surface area contributed by atoms with Crippen molar-refractivity contribution in [1.29, 1.82) is 0 Å². The molecule has 0 aliphatic rings. The van der Waals surface area contributed by atoms with Gasteiger partial charge >= 0.3 is 0 Å². The van der Waals surface area contributed by atoms with Gasteiger partial charge in [0.2, 0.25) is 0 Å². The smallest absolute Gasteiger partial charge is 0.153 e. The molecule has 0 atom stereocenters. The fourth-order valence-electron chi connectivity index (χ4n) is 1.92. The minimum atomic E-state index is 0.207. The van der Waals surface area contributed by atoms with Gasteiger partial charge in [0.05, 0.1) is 16.6 Å². The van der Waals surface area contributed by atoms with Crippen LogP contribution in [0.3, 0.4) is 0 Å². The summed E-state index contributed by atoms with van der Waals surface area (Å²) in [6.45, 7) is 8.16. The molecule has 2 rings (SSSR count). The summed E-state index contributed by atoms with van der Waals surface area (Å²) in [6.07, 6.45) is 0.755. The van der Waals surface area contributed by atoms with Crippen molar-refractivity contribution in [2.45, 2.75) is 39.5 Å². The van der Waals surface area contributed by atoms with E-state index in [4.69, 9.17) is 11.6 Å². The second kappa shape index (κ2) is 4.69. The summed E-state index contributed by atoms with van der Waals surface area (Å²) in [5.41, 5.74) is 1.96. The Hall–Kier alpha value is -1.42. The lowest BCUT2D eigenvalue weighted by atomic mass is 10.0. The monoisotopic (exact) mass is 265 g/mol. The topological polar surface area (TPSA) is 58.6 Å². The van der Waals surface area contributed by atoms with Crippen LogP contribution in [-0.2, 0) is 0 Å². The molecule has 0 unspecified atom stereocenters. The second-order valence-electron chi connectivity index (χ2n) is 4.97. The number of aldehydes is 1. The molecule has 5 heteroatoms. The molecular formula is C13H16ClN3O. The number of halogens is 1. The van der Waals surface area contributed by atoms with E-state index in [9.17, 15) is 4.79 Å². The summed E-state index contributed by atoms with van der Waals surface area (Å²) >= 11 is 6.02. The SMILES string of the molecule is CC(C)c1nc(C(C)C)c2c(C=O)c(Cl)[nH]c2n1. The van der Waals surface area contributed by atoms with Gasteiger partial charge in [0.25, 0.3) is 0 Å². The van der Waals surface area contributed by atoms with E-state index in [0.717, 1.165) is 23.2 Å². The van der Waals surface area contributed by atoms with Gasteiger partial charge in [-0.25, -0.2) is 9.97 Å². The molecule has 2 heterocycles. The van der Waals surface area contributed by atoms with E-state index in [0.29, 0.717) is 16.4 Å². The highest BCUT2D eigenvalue weighted by molar-refractivity contribution is 6.34. The van der Waals surface area contributed by atoms with Gasteiger partial charge in [0.15, 0.2) is 6.29 Å². The van der Waals surface area contributed by atoms with Crippen LogP contribution >= 0.6 is 11.6 Å². The van der Waals surface area contributed by atoms with E-state index < -0.39 is 0 Å². The third-order valence-electron chi connectivity index (χ3n) is 2.87. The van der Waals surface area contributed by atoms with Crippen LogP contribution in [0.5, 0.6) is 0 Å². The molecule has 4 nitrogen and oxygen atoms in total. The minimum Gasteiger partial charge on any atom is -0.330 e. The Morgan fingerprint density at radius 3 is 2.33 bits per heavy atom. The summed E-state index contributed by atoms with van der Waals surface area (Å²) in [6, 6.07) is 0. The maximum Gasteiger partial charge on any atom is 0.153 e. The number of hydrogen-bond acceptors (Lipinski definition) is 3. The number of H-pyrrole nitrogens is 1. The molecule has 0 radical (unpaired) electrons. The zero-order valence-electron chi connectivity index (χ0n) is 10.9. The second-order valence-corrected chi connectivity index (χ2v) is 5.35. The van der Waals surface area contributed by atoms with Gasteiger partial charge in [0.1, 0.15) is 16.6 Å². The molecule has 0 fully saturated rings. The van der Waals surface area contributed by atoms with Gasteiger partial charge in [-0.2, -0.15) is 0 Å². The molecule has 1 N–H and O–H groups in total. The number of carbonyl (C=O) groups is 1. The summed E-state index contributed by atoms with van der Waals surface area (Å²) in [7, 11) is 0. The fraction of sp³-hybridized carbons (Fsp3) is 0.462. The van der Waals surface area contributed by atoms with Gasteiger partial charge < -0.3 is 4.98 Å². The Morgan fingerprint density at radius 2 is 1.83 bits per heavy atom. The molecule has 0 saturated carbocycles. The van der Waals surface area contributed by atoms with Crippen LogP contribution in [-0.4, -0.2) is 21.2 Å². The summed E-state index contributed by atoms with van der Waals surface area (Å²) in [5, 5.41) is 1.08. The number of nitrogens with zero attached hydrogens (tertiary/aromatic N) is 2. The van der Waals surface area contributed by atoms with Crippen molar-refractivity contribution in [1.82, 2.24) is 15.0 Å². The molecule has 0 spiro atoms. The van der Waals surface area contributed by atoms with E-state index in [1.165, 1.54) is 0 Å². The maximum atomic E-state index is 11.1. The zero-order valence-corrected chi connectivity index (χ0v) is 11.7. The van der Waals surface area contributed by atoms with Crippen molar-refractivity contribution in [2.75, 3.05) is 0 Å². The van der Waals surface area contributed by atoms with Crippen LogP contribution in [0.1, 0.15) is 61.4 Å². The van der Waals surface area contributed by atoms with Crippen molar-refractivity contribution in [3.8, 4) is 0 Å². The molecule has 0 amide bonds. The molecule has 0 bridgehead atoms. The fourth-order valence-corrected chi connectivity index (χ4v) is 2.15. The average molecular weight is 266 g/mol. The van der Waals surface area contributed by atoms with Gasteiger partial charge in [-0.15, -0.1) is 0 Å². The van der Waals surface area contributed by atoms with Crippen LogP contribution in [0, 0.1) is 0 Å². The highest BCUT2D eigenvalue weighted by Crippen LogP contribution is 2.30. The van der Waals surface area contributed by atoms with E-state index in [1.807, 2.05) is 27.7 Å². The Bertz CT molecular complexity index is 602. The van der Waals surface area contributed by atoms with E-state index >= 15 is 0 Å². The number of aromatic nitrogens is 3. The Labute approximate surface area is 111 Å². The molecule has 0 saturated heterocycles. The van der Waals surface area contributed by atoms with Crippen molar-refractivity contribution in [3.05, 3.63) is 22.2 Å². The quantitative estimate of drug-likeness (QED) is 0.862. The number of nitrogens with one attached hydrogen (secondary N) is 1. The Morgan fingerprint density at radius 1 is 1.17 bits per heavy atom. The summed E-state index contributed by atoms with van der Waals surface area (Å²) in [4.78, 5) is 23.1. The number of rotatable bonds is 3. The predicted molar refractivity (Wildman–Crippen MR) is 72.5 cm³/mol. The van der Waals surface area contributed by atoms with Gasteiger partial charge in [0, 0.05) is 5.92 Å². The Kier molecular flexibility index (Phi) is 3.39. The van der Waals surface area contributed by atoms with Crippen LogP contribution in [0.15, 0.2) is 0 Å². The molecule has 0 aliphatic carbocycles. The van der Waals surface area contributed by atoms with Crippen LogP contribution in [0.25, 0.3) is 11.0 Å².